The van der Waals surface area contributed by atoms with Gasteiger partial charge in [-0.1, -0.05) is 30.3 Å². The quantitative estimate of drug-likeness (QED) is 0.789. The molecule has 0 atom stereocenters. The van der Waals surface area contributed by atoms with E-state index in [0.29, 0.717) is 19.7 Å². The van der Waals surface area contributed by atoms with E-state index in [1.807, 2.05) is 23.1 Å². The Labute approximate surface area is 154 Å². The van der Waals surface area contributed by atoms with Crippen molar-refractivity contribution in [3.05, 3.63) is 42.0 Å². The molecule has 0 bridgehead atoms. The molecule has 1 aromatic carbocycles. The molecule has 3 rings (SSSR count). The van der Waals surface area contributed by atoms with E-state index < -0.39 is 0 Å². The lowest BCUT2D eigenvalue weighted by Crippen LogP contribution is -2.56. The predicted molar refractivity (Wildman–Crippen MR) is 99.6 cm³/mol. The normalized spacial score (nSPS) is 20.2. The lowest BCUT2D eigenvalue weighted by atomic mass is 9.81. The average molecular weight is 357 g/mol. The largest absolute Gasteiger partial charge is 0.373 e. The first kappa shape index (κ1) is 18.6. The van der Waals surface area contributed by atoms with Gasteiger partial charge in [0.05, 0.1) is 18.2 Å². The van der Waals surface area contributed by atoms with Gasteiger partial charge < -0.3 is 20.3 Å². The van der Waals surface area contributed by atoms with E-state index in [1.165, 1.54) is 11.6 Å². The maximum atomic E-state index is 12.9. The van der Waals surface area contributed by atoms with Crippen molar-refractivity contribution < 1.29 is 14.3 Å². The van der Waals surface area contributed by atoms with Crippen LogP contribution in [-0.4, -0.2) is 55.8 Å². The third-order valence-electron chi connectivity index (χ3n) is 5.36. The van der Waals surface area contributed by atoms with Crippen LogP contribution in [-0.2, 0) is 15.1 Å². The minimum atomic E-state index is -0.300. The Kier molecular flexibility index (Phi) is 6.45. The molecule has 6 nitrogen and oxygen atoms in total. The number of hydrogen-bond donors (Lipinski definition) is 2. The van der Waals surface area contributed by atoms with Crippen LogP contribution in [0.2, 0.25) is 0 Å². The Bertz CT molecular complexity index is 629. The molecule has 0 saturated carbocycles. The van der Waals surface area contributed by atoms with Crippen molar-refractivity contribution in [1.29, 1.82) is 0 Å². The van der Waals surface area contributed by atoms with Gasteiger partial charge in [0.1, 0.15) is 5.94 Å². The summed E-state index contributed by atoms with van der Waals surface area (Å²) >= 11 is 0. The fourth-order valence-corrected chi connectivity index (χ4v) is 3.82. The number of nitrogens with one attached hydrogen (secondary N) is 2. The van der Waals surface area contributed by atoms with Crippen LogP contribution in [0.5, 0.6) is 0 Å². The molecule has 0 aliphatic carbocycles. The summed E-state index contributed by atoms with van der Waals surface area (Å²) < 4.78 is 5.61. The van der Waals surface area contributed by atoms with Crippen molar-refractivity contribution in [2.45, 2.75) is 37.3 Å². The van der Waals surface area contributed by atoms with Crippen molar-refractivity contribution in [3.63, 3.8) is 0 Å². The average Bonchev–Trinajstić information content (AvgIpc) is 2.70. The Hall–Kier alpha value is -2.14. The second kappa shape index (κ2) is 8.99. The molecule has 6 heteroatoms. The van der Waals surface area contributed by atoms with Crippen LogP contribution in [0.3, 0.4) is 0 Å². The number of ether oxygens (including phenoxy) is 1. The van der Waals surface area contributed by atoms with Gasteiger partial charge in [0.25, 0.3) is 0 Å². The van der Waals surface area contributed by atoms with Gasteiger partial charge in [0.15, 0.2) is 0 Å². The maximum absolute atomic E-state index is 12.9. The van der Waals surface area contributed by atoms with Gasteiger partial charge >= 0.3 is 6.03 Å². The molecule has 2 fully saturated rings. The molecule has 1 aromatic rings. The summed E-state index contributed by atoms with van der Waals surface area (Å²) in [6, 6.07) is 10.3. The number of carbonyl (C=O) groups excluding carboxylic acids is 2. The summed E-state index contributed by atoms with van der Waals surface area (Å²) in [6.07, 6.45) is 4.81. The number of urea groups is 1. The zero-order valence-corrected chi connectivity index (χ0v) is 15.1. The zero-order chi connectivity index (χ0) is 18.2. The highest BCUT2D eigenvalue weighted by atomic mass is 16.5. The number of amides is 2. The van der Waals surface area contributed by atoms with E-state index in [-0.39, 0.29) is 17.7 Å². The molecule has 2 saturated heterocycles. The first-order chi connectivity index (χ1) is 12.7. The molecule has 2 N–H and O–H groups in total. The molecular weight excluding hydrogens is 330 g/mol. The van der Waals surface area contributed by atoms with Gasteiger partial charge in [0, 0.05) is 19.2 Å². The van der Waals surface area contributed by atoms with Crippen LogP contribution in [0, 0.1) is 0 Å². The zero-order valence-electron chi connectivity index (χ0n) is 15.1. The summed E-state index contributed by atoms with van der Waals surface area (Å²) in [5.41, 5.74) is 0.875. The molecular formula is C20H27N3O3. The Morgan fingerprint density at radius 1 is 1.27 bits per heavy atom. The molecule has 0 aromatic heterocycles. The first-order valence-electron chi connectivity index (χ1n) is 9.38. The number of rotatable bonds is 5. The van der Waals surface area contributed by atoms with Crippen molar-refractivity contribution >= 4 is 12.0 Å². The Morgan fingerprint density at radius 2 is 1.96 bits per heavy atom. The lowest BCUT2D eigenvalue weighted by molar-refractivity contribution is 0.0293. The monoisotopic (exact) mass is 357 g/mol. The third-order valence-corrected chi connectivity index (χ3v) is 5.36. The van der Waals surface area contributed by atoms with Crippen molar-refractivity contribution in [2.24, 2.45) is 0 Å². The highest BCUT2D eigenvalue weighted by molar-refractivity contribution is 5.75. The molecule has 2 heterocycles. The van der Waals surface area contributed by atoms with Crippen LogP contribution in [0.25, 0.3) is 0 Å². The number of piperidine rings is 2. The first-order valence-corrected chi connectivity index (χ1v) is 9.38. The second-order valence-corrected chi connectivity index (χ2v) is 6.97. The fourth-order valence-electron chi connectivity index (χ4n) is 3.82. The van der Waals surface area contributed by atoms with E-state index in [9.17, 15) is 9.59 Å². The summed E-state index contributed by atoms with van der Waals surface area (Å²) in [4.78, 5) is 25.0. The SMILES string of the molecule is O=C=CCOC1CCN(C(=O)NC2(c3ccccc3)CCNCC2)CC1. The van der Waals surface area contributed by atoms with E-state index in [2.05, 4.69) is 22.8 Å². The second-order valence-electron chi connectivity index (χ2n) is 6.97. The highest BCUT2D eigenvalue weighted by Gasteiger charge is 2.37. The molecule has 2 aliphatic rings. The van der Waals surface area contributed by atoms with Gasteiger partial charge in [-0.15, -0.1) is 0 Å². The summed E-state index contributed by atoms with van der Waals surface area (Å²) in [6.45, 7) is 3.43. The van der Waals surface area contributed by atoms with Crippen molar-refractivity contribution in [2.75, 3.05) is 32.8 Å². The van der Waals surface area contributed by atoms with Gasteiger partial charge in [-0.05, 0) is 44.3 Å². The number of hydrogen-bond acceptors (Lipinski definition) is 4. The summed E-state index contributed by atoms with van der Waals surface area (Å²) in [5, 5.41) is 6.71. The molecule has 2 amide bonds. The van der Waals surface area contributed by atoms with Crippen LogP contribution in [0.1, 0.15) is 31.2 Å². The number of nitrogens with zero attached hydrogens (tertiary/aromatic N) is 1. The van der Waals surface area contributed by atoms with Gasteiger partial charge in [-0.25, -0.2) is 9.59 Å². The van der Waals surface area contributed by atoms with Crippen molar-refractivity contribution in [1.82, 2.24) is 15.5 Å². The fraction of sp³-hybridized carbons (Fsp3) is 0.550. The van der Waals surface area contributed by atoms with Gasteiger partial charge in [-0.2, -0.15) is 0 Å². The van der Waals surface area contributed by atoms with Gasteiger partial charge in [-0.3, -0.25) is 0 Å². The molecule has 0 radical (unpaired) electrons. The molecule has 0 spiro atoms. The van der Waals surface area contributed by atoms with Crippen LogP contribution in [0.15, 0.2) is 36.4 Å². The minimum Gasteiger partial charge on any atom is -0.373 e. The third kappa shape index (κ3) is 4.52. The summed E-state index contributed by atoms with van der Waals surface area (Å²) in [5.74, 6) is 1.72. The van der Waals surface area contributed by atoms with E-state index in [0.717, 1.165) is 38.8 Å². The van der Waals surface area contributed by atoms with E-state index in [1.54, 1.807) is 5.94 Å². The predicted octanol–water partition coefficient (Wildman–Crippen LogP) is 1.84. The molecule has 26 heavy (non-hydrogen) atoms. The highest BCUT2D eigenvalue weighted by Crippen LogP contribution is 2.31. The number of carbonyl (C=O) groups is 1. The van der Waals surface area contributed by atoms with E-state index >= 15 is 0 Å². The van der Waals surface area contributed by atoms with Crippen LogP contribution >= 0.6 is 0 Å². The Morgan fingerprint density at radius 3 is 2.62 bits per heavy atom. The van der Waals surface area contributed by atoms with Crippen LogP contribution < -0.4 is 10.6 Å². The minimum absolute atomic E-state index is 0.00184. The number of benzene rings is 1. The molecule has 2 aliphatic heterocycles. The maximum Gasteiger partial charge on any atom is 0.318 e. The van der Waals surface area contributed by atoms with E-state index in [4.69, 9.17) is 4.74 Å². The van der Waals surface area contributed by atoms with Crippen LogP contribution in [0.4, 0.5) is 4.79 Å². The lowest BCUT2D eigenvalue weighted by Gasteiger charge is -2.41. The molecule has 0 unspecified atom stereocenters. The molecule has 140 valence electrons. The number of likely N-dealkylation sites (tertiary alicyclic amines) is 1. The standard InChI is InChI=1S/C20H27N3O3/c24-15-4-16-26-18-7-13-23(14-8-18)19(25)22-20(9-11-21-12-10-20)17-5-2-1-3-6-17/h1-6,18,21H,7-14,16H2,(H,22,25). The van der Waals surface area contributed by atoms with Gasteiger partial charge in [0.2, 0.25) is 0 Å². The topological polar surface area (TPSA) is 70.7 Å². The smallest absolute Gasteiger partial charge is 0.318 e. The summed E-state index contributed by atoms with van der Waals surface area (Å²) in [7, 11) is 0. The Balaban J connectivity index is 1.60. The van der Waals surface area contributed by atoms with Crippen molar-refractivity contribution in [3.8, 4) is 0 Å².